The van der Waals surface area contributed by atoms with E-state index < -0.39 is 0 Å². The van der Waals surface area contributed by atoms with E-state index in [1.807, 2.05) is 43.0 Å². The molecule has 1 heterocycles. The average Bonchev–Trinajstić information content (AvgIpc) is 3.02. The van der Waals surface area contributed by atoms with E-state index in [0.717, 1.165) is 16.4 Å². The average molecular weight is 372 g/mol. The summed E-state index contributed by atoms with van der Waals surface area (Å²) in [6, 6.07) is 9.70. The van der Waals surface area contributed by atoms with E-state index in [-0.39, 0.29) is 11.2 Å². The Morgan fingerprint density at radius 1 is 1.32 bits per heavy atom. The minimum Gasteiger partial charge on any atom is -0.354 e. The first-order valence-corrected chi connectivity index (χ1v) is 10.3. The first-order valence-electron chi connectivity index (χ1n) is 6.94. The predicted octanol–water partition coefficient (Wildman–Crippen LogP) is 4.93. The van der Waals surface area contributed by atoms with Crippen molar-refractivity contribution in [3.8, 4) is 0 Å². The Balaban J connectivity index is 1.62. The van der Waals surface area contributed by atoms with Crippen molar-refractivity contribution in [1.82, 2.24) is 5.32 Å². The Morgan fingerprint density at radius 2 is 2.09 bits per heavy atom. The number of thiophene rings is 1. The molecule has 118 valence electrons. The molecule has 1 aromatic carbocycles. The molecule has 2 nitrogen and oxygen atoms in total. The van der Waals surface area contributed by atoms with Crippen LogP contribution in [0, 0.1) is 0 Å². The molecule has 0 aliphatic carbocycles. The number of halogens is 1. The van der Waals surface area contributed by atoms with Crippen LogP contribution >= 0.6 is 46.5 Å². The summed E-state index contributed by atoms with van der Waals surface area (Å²) in [5, 5.41) is 7.85. The summed E-state index contributed by atoms with van der Waals surface area (Å²) in [6.45, 7) is 2.63. The summed E-state index contributed by atoms with van der Waals surface area (Å²) < 4.78 is 0. The van der Waals surface area contributed by atoms with Gasteiger partial charge in [0.25, 0.3) is 0 Å². The molecule has 0 aliphatic rings. The minimum absolute atomic E-state index is 0.0797. The van der Waals surface area contributed by atoms with Crippen LogP contribution < -0.4 is 5.32 Å². The quantitative estimate of drug-likeness (QED) is 0.526. The number of rotatable bonds is 8. The minimum atomic E-state index is -0.108. The largest absolute Gasteiger partial charge is 0.354 e. The van der Waals surface area contributed by atoms with Gasteiger partial charge in [-0.15, -0.1) is 11.8 Å². The van der Waals surface area contributed by atoms with Crippen LogP contribution in [-0.4, -0.2) is 23.5 Å². The molecule has 1 aromatic heterocycles. The van der Waals surface area contributed by atoms with Gasteiger partial charge >= 0.3 is 0 Å². The molecule has 0 aliphatic heterocycles. The molecule has 1 N–H and O–H groups in total. The number of hydrogen-bond acceptors (Lipinski definition) is 4. The van der Waals surface area contributed by atoms with E-state index in [9.17, 15) is 4.79 Å². The highest BCUT2D eigenvalue weighted by Crippen LogP contribution is 2.24. The van der Waals surface area contributed by atoms with Gasteiger partial charge in [-0.3, -0.25) is 4.79 Å². The second-order valence-corrected chi connectivity index (χ2v) is 8.43. The fourth-order valence-corrected chi connectivity index (χ4v) is 4.32. The van der Waals surface area contributed by atoms with Crippen LogP contribution in [0.15, 0.2) is 46.0 Å². The van der Waals surface area contributed by atoms with Gasteiger partial charge in [0.05, 0.1) is 5.25 Å². The van der Waals surface area contributed by atoms with Crippen molar-refractivity contribution in [3.63, 3.8) is 0 Å². The normalized spacial score (nSPS) is 12.1. The lowest BCUT2D eigenvalue weighted by Crippen LogP contribution is -2.32. The van der Waals surface area contributed by atoms with Crippen LogP contribution in [0.2, 0.25) is 5.02 Å². The molecule has 0 bridgehead atoms. The number of hydrogen-bond donors (Lipinski definition) is 1. The SMILES string of the molecule is CC(Sc1ccc(Cl)cc1)C(=O)NCCSCc1ccsc1. The molecule has 1 amide bonds. The Labute approximate surface area is 149 Å². The van der Waals surface area contributed by atoms with Crippen molar-refractivity contribution in [3.05, 3.63) is 51.7 Å². The smallest absolute Gasteiger partial charge is 0.233 e. The number of nitrogens with one attached hydrogen (secondary N) is 1. The van der Waals surface area contributed by atoms with E-state index in [1.54, 1.807) is 23.1 Å². The van der Waals surface area contributed by atoms with Crippen molar-refractivity contribution >= 4 is 52.4 Å². The number of amides is 1. The lowest BCUT2D eigenvalue weighted by atomic mass is 10.4. The second kappa shape index (κ2) is 9.50. The maximum Gasteiger partial charge on any atom is 0.233 e. The molecular weight excluding hydrogens is 354 g/mol. The third-order valence-electron chi connectivity index (χ3n) is 2.89. The third-order valence-corrected chi connectivity index (χ3v) is 6.02. The maximum atomic E-state index is 12.0. The summed E-state index contributed by atoms with van der Waals surface area (Å²) >= 11 is 11.0. The molecule has 2 aromatic rings. The number of thioether (sulfide) groups is 2. The van der Waals surface area contributed by atoms with Crippen LogP contribution in [0.1, 0.15) is 12.5 Å². The molecule has 0 spiro atoms. The number of carbonyl (C=O) groups is 1. The molecular formula is C16H18ClNOS3. The Hall–Kier alpha value is -0.620. The van der Waals surface area contributed by atoms with Crippen molar-refractivity contribution < 1.29 is 4.79 Å². The molecule has 0 saturated heterocycles. The summed E-state index contributed by atoms with van der Waals surface area (Å²) in [5.41, 5.74) is 1.35. The zero-order chi connectivity index (χ0) is 15.8. The summed E-state index contributed by atoms with van der Waals surface area (Å²) in [5.74, 6) is 2.02. The Bertz CT molecular complexity index is 572. The van der Waals surface area contributed by atoms with Gasteiger partial charge in [-0.05, 0) is 53.6 Å². The van der Waals surface area contributed by atoms with Gasteiger partial charge in [0.2, 0.25) is 5.91 Å². The predicted molar refractivity (Wildman–Crippen MR) is 100 cm³/mol. The molecule has 2 rings (SSSR count). The van der Waals surface area contributed by atoms with Gasteiger partial charge in [-0.25, -0.2) is 0 Å². The van der Waals surface area contributed by atoms with Gasteiger partial charge in [0.15, 0.2) is 0 Å². The molecule has 1 unspecified atom stereocenters. The van der Waals surface area contributed by atoms with Crippen LogP contribution in [0.5, 0.6) is 0 Å². The van der Waals surface area contributed by atoms with Gasteiger partial charge in [0, 0.05) is 28.0 Å². The van der Waals surface area contributed by atoms with Crippen LogP contribution in [0.25, 0.3) is 0 Å². The van der Waals surface area contributed by atoms with Crippen molar-refractivity contribution in [2.75, 3.05) is 12.3 Å². The standard InChI is InChI=1S/C16H18ClNOS3/c1-12(22-15-4-2-14(17)3-5-15)16(19)18-7-9-21-11-13-6-8-20-10-13/h2-6,8,10,12H,7,9,11H2,1H3,(H,18,19). The molecule has 1 atom stereocenters. The fourth-order valence-electron chi connectivity index (χ4n) is 1.73. The number of carbonyl (C=O) groups excluding carboxylic acids is 1. The maximum absolute atomic E-state index is 12.0. The van der Waals surface area contributed by atoms with Crippen molar-refractivity contribution in [2.45, 2.75) is 22.8 Å². The van der Waals surface area contributed by atoms with Crippen LogP contribution in [0.4, 0.5) is 0 Å². The zero-order valence-electron chi connectivity index (χ0n) is 12.3. The van der Waals surface area contributed by atoms with Gasteiger partial charge in [-0.2, -0.15) is 23.1 Å². The third kappa shape index (κ3) is 6.24. The van der Waals surface area contributed by atoms with E-state index in [1.165, 1.54) is 5.56 Å². The van der Waals surface area contributed by atoms with E-state index in [0.29, 0.717) is 11.6 Å². The molecule has 22 heavy (non-hydrogen) atoms. The first-order chi connectivity index (χ1) is 10.6. The summed E-state index contributed by atoms with van der Waals surface area (Å²) in [6.07, 6.45) is 0. The van der Waals surface area contributed by atoms with Crippen molar-refractivity contribution in [1.29, 1.82) is 0 Å². The van der Waals surface area contributed by atoms with E-state index in [2.05, 4.69) is 22.1 Å². The Morgan fingerprint density at radius 3 is 2.77 bits per heavy atom. The van der Waals surface area contributed by atoms with E-state index >= 15 is 0 Å². The van der Waals surface area contributed by atoms with Gasteiger partial charge in [-0.1, -0.05) is 11.6 Å². The lowest BCUT2D eigenvalue weighted by molar-refractivity contribution is -0.120. The molecule has 0 saturated carbocycles. The highest BCUT2D eigenvalue weighted by atomic mass is 35.5. The lowest BCUT2D eigenvalue weighted by Gasteiger charge is -2.12. The van der Waals surface area contributed by atoms with Crippen LogP contribution in [-0.2, 0) is 10.5 Å². The fraction of sp³-hybridized carbons (Fsp3) is 0.312. The van der Waals surface area contributed by atoms with E-state index in [4.69, 9.17) is 11.6 Å². The topological polar surface area (TPSA) is 29.1 Å². The van der Waals surface area contributed by atoms with Crippen molar-refractivity contribution in [2.24, 2.45) is 0 Å². The van der Waals surface area contributed by atoms with Crippen LogP contribution in [0.3, 0.4) is 0 Å². The molecule has 0 fully saturated rings. The highest BCUT2D eigenvalue weighted by molar-refractivity contribution is 8.00. The monoisotopic (exact) mass is 371 g/mol. The summed E-state index contributed by atoms with van der Waals surface area (Å²) in [7, 11) is 0. The molecule has 0 radical (unpaired) electrons. The summed E-state index contributed by atoms with van der Waals surface area (Å²) in [4.78, 5) is 13.1. The highest BCUT2D eigenvalue weighted by Gasteiger charge is 2.13. The number of benzene rings is 1. The zero-order valence-corrected chi connectivity index (χ0v) is 15.5. The first kappa shape index (κ1) is 17.7. The molecule has 6 heteroatoms. The second-order valence-electron chi connectivity index (χ2n) is 4.69. The Kier molecular flexibility index (Phi) is 7.66. The van der Waals surface area contributed by atoms with Gasteiger partial charge < -0.3 is 5.32 Å². The van der Waals surface area contributed by atoms with Gasteiger partial charge in [0.1, 0.15) is 0 Å².